The number of hydrogen-bond donors (Lipinski definition) is 3. The van der Waals surface area contributed by atoms with Crippen LogP contribution in [0.5, 0.6) is 5.88 Å². The summed E-state index contributed by atoms with van der Waals surface area (Å²) in [6.45, 7) is 1.47. The monoisotopic (exact) mass is 416 g/mol. The van der Waals surface area contributed by atoms with Crippen molar-refractivity contribution in [2.75, 3.05) is 4.72 Å². The van der Waals surface area contributed by atoms with Gasteiger partial charge in [0.2, 0.25) is 5.88 Å². The molecule has 0 fully saturated rings. The van der Waals surface area contributed by atoms with Gasteiger partial charge >= 0.3 is 17.5 Å². The summed E-state index contributed by atoms with van der Waals surface area (Å²) in [6.07, 6.45) is -4.07. The molecule has 3 rings (SSSR count). The predicted molar refractivity (Wildman–Crippen MR) is 91.7 cm³/mol. The first-order chi connectivity index (χ1) is 12.9. The Labute approximate surface area is 154 Å². The molecule has 9 nitrogen and oxygen atoms in total. The number of H-pyrrole nitrogens is 2. The molecule has 0 unspecified atom stereocenters. The minimum absolute atomic E-state index is 0.0858. The zero-order chi connectivity index (χ0) is 20.7. The number of nitrogens with one attached hydrogen (secondary N) is 3. The van der Waals surface area contributed by atoms with Crippen molar-refractivity contribution in [2.45, 2.75) is 18.2 Å². The molecule has 28 heavy (non-hydrogen) atoms. The lowest BCUT2D eigenvalue weighted by molar-refractivity contribution is -0.276. The van der Waals surface area contributed by atoms with Crippen LogP contribution >= 0.6 is 0 Å². The van der Waals surface area contributed by atoms with E-state index in [1.54, 1.807) is 0 Å². The molecule has 13 heteroatoms. The number of hydrogen-bond acceptors (Lipinski definition) is 6. The van der Waals surface area contributed by atoms with Crippen molar-refractivity contribution in [1.82, 2.24) is 15.0 Å². The van der Waals surface area contributed by atoms with E-state index in [0.29, 0.717) is 0 Å². The molecule has 0 amide bonds. The Morgan fingerprint density at radius 1 is 1.07 bits per heavy atom. The van der Waals surface area contributed by atoms with E-state index in [0.717, 1.165) is 24.4 Å². The molecule has 0 radical (unpaired) electrons. The third-order valence-electron chi connectivity index (χ3n) is 3.52. The number of pyridine rings is 1. The number of ether oxygens (including phenoxy) is 1. The maximum absolute atomic E-state index is 12.6. The van der Waals surface area contributed by atoms with E-state index in [4.69, 9.17) is 0 Å². The maximum Gasteiger partial charge on any atom is 0.574 e. The summed E-state index contributed by atoms with van der Waals surface area (Å²) < 4.78 is 67.4. The number of rotatable bonds is 4. The van der Waals surface area contributed by atoms with Crippen molar-refractivity contribution in [1.29, 1.82) is 0 Å². The number of alkyl halides is 3. The van der Waals surface area contributed by atoms with E-state index < -0.39 is 33.4 Å². The number of anilines is 1. The number of aryl methyl sites for hydroxylation is 1. The first-order valence-corrected chi connectivity index (χ1v) is 8.94. The second-order valence-corrected chi connectivity index (χ2v) is 7.26. The number of fused-ring (bicyclic) bond motifs is 1. The van der Waals surface area contributed by atoms with E-state index >= 15 is 0 Å². The molecular weight excluding hydrogens is 405 g/mol. The van der Waals surface area contributed by atoms with Crippen LogP contribution in [0.3, 0.4) is 0 Å². The second kappa shape index (κ2) is 6.67. The number of sulfonamides is 1. The highest BCUT2D eigenvalue weighted by Gasteiger charge is 2.31. The van der Waals surface area contributed by atoms with Gasteiger partial charge in [-0.3, -0.25) is 14.3 Å². The highest BCUT2D eigenvalue weighted by atomic mass is 32.2. The molecule has 0 aliphatic carbocycles. The smallest absolute Gasteiger partial charge is 0.388 e. The Morgan fingerprint density at radius 3 is 2.21 bits per heavy atom. The van der Waals surface area contributed by atoms with Crippen LogP contribution in [0.2, 0.25) is 0 Å². The highest BCUT2D eigenvalue weighted by Crippen LogP contribution is 2.24. The van der Waals surface area contributed by atoms with Crippen molar-refractivity contribution in [3.63, 3.8) is 0 Å². The van der Waals surface area contributed by atoms with Crippen LogP contribution < -0.4 is 20.6 Å². The second-order valence-electron chi connectivity index (χ2n) is 5.61. The van der Waals surface area contributed by atoms with E-state index in [2.05, 4.69) is 24.4 Å². The van der Waals surface area contributed by atoms with Gasteiger partial charge in [0, 0.05) is 6.07 Å². The summed E-state index contributed by atoms with van der Waals surface area (Å²) in [5.74, 6) is -0.751. The zero-order valence-electron chi connectivity index (χ0n) is 13.9. The van der Waals surface area contributed by atoms with Gasteiger partial charge in [-0.2, -0.15) is 0 Å². The standard InChI is InChI=1S/C15H11F3N4O5S/c1-7-4-9-10(21-14(24)13(23)20-9)5-11(7)28(25,26)22-8-2-3-12(19-6-8)27-15(16,17)18/h2-6,22H,1H3,(H,20,23)(H,21,24). The molecular formula is C15H11F3N4O5S. The molecule has 148 valence electrons. The quantitative estimate of drug-likeness (QED) is 0.554. The fourth-order valence-electron chi connectivity index (χ4n) is 2.37. The molecule has 0 saturated heterocycles. The molecule has 0 saturated carbocycles. The Balaban J connectivity index is 1.94. The Kier molecular flexibility index (Phi) is 4.62. The van der Waals surface area contributed by atoms with Crippen molar-refractivity contribution >= 4 is 26.7 Å². The van der Waals surface area contributed by atoms with E-state index in [-0.39, 0.29) is 27.2 Å². The number of benzene rings is 1. The Hall–Kier alpha value is -3.35. The van der Waals surface area contributed by atoms with Crippen LogP contribution in [0.15, 0.2) is 44.9 Å². The lowest BCUT2D eigenvalue weighted by Crippen LogP contribution is -2.29. The summed E-state index contributed by atoms with van der Waals surface area (Å²) in [7, 11) is -4.17. The van der Waals surface area contributed by atoms with Crippen molar-refractivity contribution in [3.8, 4) is 5.88 Å². The van der Waals surface area contributed by atoms with Crippen molar-refractivity contribution in [2.24, 2.45) is 0 Å². The SMILES string of the molecule is Cc1cc2[nH]c(=O)c(=O)[nH]c2cc1S(=O)(=O)Nc1ccc(OC(F)(F)F)nc1. The number of aromatic amines is 2. The lowest BCUT2D eigenvalue weighted by Gasteiger charge is -2.12. The van der Waals surface area contributed by atoms with Gasteiger partial charge in [0.25, 0.3) is 10.0 Å². The first kappa shape index (κ1) is 19.4. The van der Waals surface area contributed by atoms with Gasteiger partial charge in [-0.1, -0.05) is 0 Å². The minimum atomic E-state index is -4.92. The summed E-state index contributed by atoms with van der Waals surface area (Å²) in [5.41, 5.74) is -1.36. The van der Waals surface area contributed by atoms with Crippen LogP contribution in [-0.2, 0) is 10.0 Å². The molecule has 2 aromatic heterocycles. The Bertz CT molecular complexity index is 1260. The van der Waals surface area contributed by atoms with Crippen LogP contribution in [0.25, 0.3) is 11.0 Å². The summed E-state index contributed by atoms with van der Waals surface area (Å²) in [6, 6.07) is 4.40. The zero-order valence-corrected chi connectivity index (χ0v) is 14.7. The normalized spacial score (nSPS) is 12.1. The molecule has 0 aliphatic heterocycles. The Morgan fingerprint density at radius 2 is 1.68 bits per heavy atom. The van der Waals surface area contributed by atoms with Crippen LogP contribution in [0.1, 0.15) is 5.56 Å². The summed E-state index contributed by atoms with van der Waals surface area (Å²) in [5, 5.41) is 0. The lowest BCUT2D eigenvalue weighted by atomic mass is 10.2. The average Bonchev–Trinajstić information content (AvgIpc) is 2.56. The maximum atomic E-state index is 12.6. The highest BCUT2D eigenvalue weighted by molar-refractivity contribution is 7.92. The molecule has 2 heterocycles. The van der Waals surface area contributed by atoms with Gasteiger partial charge in [-0.05, 0) is 30.7 Å². The predicted octanol–water partition coefficient (Wildman–Crippen LogP) is 1.62. The van der Waals surface area contributed by atoms with Gasteiger partial charge in [-0.15, -0.1) is 13.2 Å². The number of aromatic nitrogens is 3. The molecule has 1 aromatic carbocycles. The topological polar surface area (TPSA) is 134 Å². The van der Waals surface area contributed by atoms with Gasteiger partial charge in [0.15, 0.2) is 0 Å². The van der Waals surface area contributed by atoms with Crippen molar-refractivity contribution in [3.05, 3.63) is 56.7 Å². The van der Waals surface area contributed by atoms with Crippen LogP contribution in [-0.4, -0.2) is 29.7 Å². The fourth-order valence-corrected chi connectivity index (χ4v) is 3.67. The number of nitrogens with zero attached hydrogens (tertiary/aromatic N) is 1. The van der Waals surface area contributed by atoms with E-state index in [1.165, 1.54) is 13.0 Å². The molecule has 0 bridgehead atoms. The van der Waals surface area contributed by atoms with Gasteiger partial charge < -0.3 is 14.7 Å². The fraction of sp³-hybridized carbons (Fsp3) is 0.133. The molecule has 3 aromatic rings. The van der Waals surface area contributed by atoms with Crippen LogP contribution in [0.4, 0.5) is 18.9 Å². The molecule has 0 spiro atoms. The molecule has 0 atom stereocenters. The van der Waals surface area contributed by atoms with Gasteiger partial charge in [0.05, 0.1) is 27.8 Å². The third kappa shape index (κ3) is 4.14. The van der Waals surface area contributed by atoms with E-state index in [1.807, 2.05) is 0 Å². The molecule has 3 N–H and O–H groups in total. The summed E-state index contributed by atoms with van der Waals surface area (Å²) in [4.78, 5) is 30.6. The van der Waals surface area contributed by atoms with Crippen molar-refractivity contribution < 1.29 is 26.3 Å². The minimum Gasteiger partial charge on any atom is -0.388 e. The van der Waals surface area contributed by atoms with E-state index in [9.17, 15) is 31.2 Å². The summed E-state index contributed by atoms with van der Waals surface area (Å²) >= 11 is 0. The largest absolute Gasteiger partial charge is 0.574 e. The first-order valence-electron chi connectivity index (χ1n) is 7.46. The number of halogens is 3. The third-order valence-corrected chi connectivity index (χ3v) is 5.04. The van der Waals surface area contributed by atoms with Gasteiger partial charge in [-0.25, -0.2) is 13.4 Å². The van der Waals surface area contributed by atoms with Crippen LogP contribution in [0, 0.1) is 6.92 Å². The molecule has 0 aliphatic rings. The van der Waals surface area contributed by atoms with Gasteiger partial charge in [0.1, 0.15) is 0 Å². The average molecular weight is 416 g/mol.